The number of pyridine rings is 1. The van der Waals surface area contributed by atoms with Crippen molar-refractivity contribution in [1.82, 2.24) is 9.88 Å². The number of phenols is 1. The van der Waals surface area contributed by atoms with E-state index in [9.17, 15) is 9.90 Å². The highest BCUT2D eigenvalue weighted by Gasteiger charge is 2.32. The Kier molecular flexibility index (Phi) is 4.47. The molecule has 1 aromatic heterocycles. The van der Waals surface area contributed by atoms with Gasteiger partial charge in [-0.2, -0.15) is 0 Å². The summed E-state index contributed by atoms with van der Waals surface area (Å²) in [5, 5.41) is 10.4. The quantitative estimate of drug-likeness (QED) is 0.857. The predicted octanol–water partition coefficient (Wildman–Crippen LogP) is 3.64. The molecule has 0 bridgehead atoms. The van der Waals surface area contributed by atoms with E-state index in [4.69, 9.17) is 4.74 Å². The number of aromatic hydroxyl groups is 1. The van der Waals surface area contributed by atoms with Gasteiger partial charge in [-0.25, -0.2) is 0 Å². The van der Waals surface area contributed by atoms with Crippen LogP contribution in [0.25, 0.3) is 6.08 Å². The molecule has 0 saturated carbocycles. The van der Waals surface area contributed by atoms with E-state index < -0.39 is 0 Å². The molecular formula is C21H22N2O3. The van der Waals surface area contributed by atoms with Crippen LogP contribution in [-0.4, -0.2) is 33.9 Å². The molecule has 1 aromatic carbocycles. The van der Waals surface area contributed by atoms with E-state index in [1.807, 2.05) is 12.1 Å². The lowest BCUT2D eigenvalue weighted by molar-refractivity contribution is 0.101. The lowest BCUT2D eigenvalue weighted by Gasteiger charge is -2.30. The maximum absolute atomic E-state index is 12.7. The number of piperidine rings is 1. The molecule has 4 rings (SSSR count). The molecule has 0 aliphatic carbocycles. The number of carbonyl (C=O) groups is 1. The molecule has 1 fully saturated rings. The minimum atomic E-state index is -0.148. The normalized spacial score (nSPS) is 19.6. The van der Waals surface area contributed by atoms with Gasteiger partial charge in [0.15, 0.2) is 5.76 Å². The average Bonchev–Trinajstić information content (AvgIpc) is 2.96. The second-order valence-corrected chi connectivity index (χ2v) is 7.12. The molecule has 3 heterocycles. The number of Topliss-reactive ketones (excluding diaryl/α,β-unsaturated/α-hetero) is 1. The highest BCUT2D eigenvalue weighted by atomic mass is 16.5. The van der Waals surface area contributed by atoms with Gasteiger partial charge in [0.25, 0.3) is 0 Å². The molecule has 134 valence electrons. The Morgan fingerprint density at radius 2 is 1.96 bits per heavy atom. The van der Waals surface area contributed by atoms with Gasteiger partial charge in [0.2, 0.25) is 5.78 Å². The zero-order valence-corrected chi connectivity index (χ0v) is 14.8. The Morgan fingerprint density at radius 1 is 1.23 bits per heavy atom. The fourth-order valence-electron chi connectivity index (χ4n) is 3.50. The monoisotopic (exact) mass is 350 g/mol. The van der Waals surface area contributed by atoms with Crippen molar-refractivity contribution in [3.8, 4) is 11.5 Å². The second-order valence-electron chi connectivity index (χ2n) is 7.12. The zero-order valence-electron chi connectivity index (χ0n) is 14.8. The molecule has 0 spiro atoms. The number of benzene rings is 1. The first-order chi connectivity index (χ1) is 12.6. The summed E-state index contributed by atoms with van der Waals surface area (Å²) >= 11 is 0. The molecule has 5 heteroatoms. The van der Waals surface area contributed by atoms with Crippen LogP contribution in [0.3, 0.4) is 0 Å². The molecule has 0 unspecified atom stereocenters. The van der Waals surface area contributed by atoms with Crippen LogP contribution >= 0.6 is 0 Å². The van der Waals surface area contributed by atoms with E-state index in [-0.39, 0.29) is 17.3 Å². The molecule has 0 atom stereocenters. The Morgan fingerprint density at radius 3 is 2.69 bits per heavy atom. The number of ketones is 1. The van der Waals surface area contributed by atoms with Crippen molar-refractivity contribution in [2.75, 3.05) is 13.1 Å². The van der Waals surface area contributed by atoms with Crippen LogP contribution < -0.4 is 4.74 Å². The Bertz CT molecular complexity index is 853. The van der Waals surface area contributed by atoms with E-state index in [0.29, 0.717) is 23.4 Å². The molecular weight excluding hydrogens is 328 g/mol. The molecule has 5 nitrogen and oxygen atoms in total. The summed E-state index contributed by atoms with van der Waals surface area (Å²) < 4.78 is 5.90. The number of fused-ring (bicyclic) bond motifs is 1. The van der Waals surface area contributed by atoms with Crippen molar-refractivity contribution in [1.29, 1.82) is 0 Å². The van der Waals surface area contributed by atoms with Gasteiger partial charge in [-0.05, 0) is 67.8 Å². The van der Waals surface area contributed by atoms with Crippen LogP contribution in [0.15, 0.2) is 42.4 Å². The van der Waals surface area contributed by atoms with E-state index in [1.165, 1.54) is 0 Å². The number of carbonyl (C=O) groups excluding carboxylic acids is 1. The molecule has 2 aliphatic rings. The van der Waals surface area contributed by atoms with Gasteiger partial charge in [-0.3, -0.25) is 14.7 Å². The number of aromatic nitrogens is 1. The Balaban J connectivity index is 1.62. The van der Waals surface area contributed by atoms with Gasteiger partial charge in [0.05, 0.1) is 11.1 Å². The first kappa shape index (κ1) is 16.8. The minimum Gasteiger partial charge on any atom is -0.507 e. The Labute approximate surface area is 152 Å². The van der Waals surface area contributed by atoms with Crippen molar-refractivity contribution in [2.45, 2.75) is 26.3 Å². The van der Waals surface area contributed by atoms with Gasteiger partial charge in [0.1, 0.15) is 11.5 Å². The SMILES string of the molecule is CC1CCN(Cc2c(O)ccc3c2O/C(=C/c2ccncc2)C3=O)CC1. The van der Waals surface area contributed by atoms with Crippen LogP contribution in [0.2, 0.25) is 0 Å². The van der Waals surface area contributed by atoms with Gasteiger partial charge in [-0.15, -0.1) is 0 Å². The summed E-state index contributed by atoms with van der Waals surface area (Å²) in [6, 6.07) is 6.87. The van der Waals surface area contributed by atoms with Crippen molar-refractivity contribution in [2.24, 2.45) is 5.92 Å². The Hall–Kier alpha value is -2.66. The fraction of sp³-hybridized carbons (Fsp3) is 0.333. The van der Waals surface area contributed by atoms with Gasteiger partial charge < -0.3 is 9.84 Å². The number of likely N-dealkylation sites (tertiary alicyclic amines) is 1. The maximum atomic E-state index is 12.7. The first-order valence-corrected chi connectivity index (χ1v) is 9.03. The summed E-state index contributed by atoms with van der Waals surface area (Å²) in [4.78, 5) is 19.0. The lowest BCUT2D eigenvalue weighted by atomic mass is 9.98. The van der Waals surface area contributed by atoms with Crippen LogP contribution in [0.5, 0.6) is 11.5 Å². The zero-order chi connectivity index (χ0) is 18.1. The van der Waals surface area contributed by atoms with Crippen LogP contribution in [-0.2, 0) is 6.54 Å². The van der Waals surface area contributed by atoms with Crippen LogP contribution in [0.4, 0.5) is 0 Å². The fourth-order valence-corrected chi connectivity index (χ4v) is 3.50. The molecule has 1 N–H and O–H groups in total. The highest BCUT2D eigenvalue weighted by molar-refractivity contribution is 6.14. The topological polar surface area (TPSA) is 62.7 Å². The summed E-state index contributed by atoms with van der Waals surface area (Å²) in [5.74, 6) is 1.55. The third-order valence-corrected chi connectivity index (χ3v) is 5.18. The summed E-state index contributed by atoms with van der Waals surface area (Å²) in [5.41, 5.74) is 2.07. The number of allylic oxidation sites excluding steroid dienone is 1. The van der Waals surface area contributed by atoms with E-state index in [2.05, 4.69) is 16.8 Å². The van der Waals surface area contributed by atoms with E-state index >= 15 is 0 Å². The van der Waals surface area contributed by atoms with Crippen molar-refractivity contribution >= 4 is 11.9 Å². The third-order valence-electron chi connectivity index (χ3n) is 5.18. The van der Waals surface area contributed by atoms with Crippen molar-refractivity contribution in [3.05, 3.63) is 59.1 Å². The number of phenolic OH excluding ortho intramolecular Hbond substituents is 1. The van der Waals surface area contributed by atoms with Gasteiger partial charge in [-0.1, -0.05) is 6.92 Å². The minimum absolute atomic E-state index is 0.148. The van der Waals surface area contributed by atoms with Gasteiger partial charge >= 0.3 is 0 Å². The third kappa shape index (κ3) is 3.22. The molecule has 0 amide bonds. The van der Waals surface area contributed by atoms with Gasteiger partial charge in [0, 0.05) is 18.9 Å². The summed E-state index contributed by atoms with van der Waals surface area (Å²) in [7, 11) is 0. The molecule has 1 saturated heterocycles. The summed E-state index contributed by atoms with van der Waals surface area (Å²) in [6.45, 7) is 4.86. The van der Waals surface area contributed by atoms with Crippen molar-refractivity contribution in [3.63, 3.8) is 0 Å². The summed E-state index contributed by atoms with van der Waals surface area (Å²) in [6.07, 6.45) is 7.38. The molecule has 2 aromatic rings. The average molecular weight is 350 g/mol. The largest absolute Gasteiger partial charge is 0.507 e. The number of rotatable bonds is 3. The smallest absolute Gasteiger partial charge is 0.231 e. The molecule has 0 radical (unpaired) electrons. The second kappa shape index (κ2) is 6.92. The lowest BCUT2D eigenvalue weighted by Crippen LogP contribution is -2.32. The van der Waals surface area contributed by atoms with E-state index in [0.717, 1.165) is 37.4 Å². The van der Waals surface area contributed by atoms with Crippen LogP contribution in [0, 0.1) is 5.92 Å². The predicted molar refractivity (Wildman–Crippen MR) is 99.0 cm³/mol. The standard InChI is InChI=1S/C21H22N2O3/c1-14-6-10-23(11-7-14)13-17-18(24)3-2-16-20(25)19(26-21(16)17)12-15-4-8-22-9-5-15/h2-5,8-9,12,14,24H,6-7,10-11,13H2,1H3/b19-12+. The van der Waals surface area contributed by atoms with Crippen LogP contribution in [0.1, 0.15) is 41.3 Å². The first-order valence-electron chi connectivity index (χ1n) is 9.03. The number of hydrogen-bond donors (Lipinski definition) is 1. The maximum Gasteiger partial charge on any atom is 0.231 e. The van der Waals surface area contributed by atoms with E-state index in [1.54, 1.807) is 30.6 Å². The van der Waals surface area contributed by atoms with Crippen molar-refractivity contribution < 1.29 is 14.6 Å². The molecule has 26 heavy (non-hydrogen) atoms. The highest BCUT2D eigenvalue weighted by Crippen LogP contribution is 2.40. The number of nitrogens with zero attached hydrogens (tertiary/aromatic N) is 2. The molecule has 2 aliphatic heterocycles. The number of ether oxygens (including phenoxy) is 1. The number of hydrogen-bond acceptors (Lipinski definition) is 5.